The van der Waals surface area contributed by atoms with E-state index in [0.29, 0.717) is 23.1 Å². The average Bonchev–Trinajstić information content (AvgIpc) is 2.67. The molecule has 1 N–H and O–H groups in total. The van der Waals surface area contributed by atoms with Crippen molar-refractivity contribution in [1.82, 2.24) is 5.32 Å². The van der Waals surface area contributed by atoms with Crippen LogP contribution in [-0.4, -0.2) is 24.1 Å². The zero-order valence-electron chi connectivity index (χ0n) is 15.2. The Kier molecular flexibility index (Phi) is 5.49. The summed E-state index contributed by atoms with van der Waals surface area (Å²) in [7, 11) is 0. The molecule has 0 spiro atoms. The number of carbonyl (C=O) groups is 3. The minimum absolute atomic E-state index is 0.290. The van der Waals surface area contributed by atoms with Crippen LogP contribution in [0.1, 0.15) is 18.1 Å². The van der Waals surface area contributed by atoms with E-state index >= 15 is 0 Å². The molecule has 1 saturated heterocycles. The molecule has 0 unspecified atom stereocenters. The number of hydrogen-bond donors (Lipinski definition) is 1. The maximum atomic E-state index is 13.0. The predicted octanol–water partition coefficient (Wildman–Crippen LogP) is 3.87. The first-order valence-corrected chi connectivity index (χ1v) is 8.70. The molecule has 0 saturated carbocycles. The van der Waals surface area contributed by atoms with Gasteiger partial charge in [-0.2, -0.15) is 13.2 Å². The summed E-state index contributed by atoms with van der Waals surface area (Å²) in [6, 6.07) is 9.76. The van der Waals surface area contributed by atoms with Gasteiger partial charge in [0.15, 0.2) is 5.92 Å². The molecule has 1 atom stereocenters. The van der Waals surface area contributed by atoms with Crippen molar-refractivity contribution in [2.24, 2.45) is 10.9 Å². The fraction of sp³-hybridized carbons (Fsp3) is 0.200. The number of halogens is 3. The molecule has 29 heavy (non-hydrogen) atoms. The minimum Gasteiger partial charge on any atom is -0.276 e. The zero-order chi connectivity index (χ0) is 21.2. The summed E-state index contributed by atoms with van der Waals surface area (Å²) in [6.45, 7) is 1.92. The standard InChI is InChI=1S/C20H16F3N3O3/c1-2-12-6-3-4-9-16(12)24-11-15-17(27)25-19(29)26(18(15)28)14-8-5-7-13(10-14)20(21,22)23/h3-11,15H,2H2,1H3,(H,25,27,29)/t15-/m0/s1. The molecule has 1 fully saturated rings. The van der Waals surface area contributed by atoms with Crippen molar-refractivity contribution in [3.05, 3.63) is 59.7 Å². The van der Waals surface area contributed by atoms with Crippen LogP contribution in [0.2, 0.25) is 0 Å². The molecule has 9 heteroatoms. The van der Waals surface area contributed by atoms with Crippen LogP contribution in [-0.2, 0) is 22.2 Å². The number of barbiturate groups is 1. The Bertz CT molecular complexity index is 1000. The van der Waals surface area contributed by atoms with Gasteiger partial charge in [0, 0.05) is 6.21 Å². The van der Waals surface area contributed by atoms with Crippen molar-refractivity contribution in [1.29, 1.82) is 0 Å². The number of alkyl halides is 3. The monoisotopic (exact) mass is 403 g/mol. The summed E-state index contributed by atoms with van der Waals surface area (Å²) >= 11 is 0. The number of imide groups is 2. The fourth-order valence-electron chi connectivity index (χ4n) is 2.88. The number of carbonyl (C=O) groups excluding carboxylic acids is 3. The third-order valence-electron chi connectivity index (χ3n) is 4.37. The highest BCUT2D eigenvalue weighted by Crippen LogP contribution is 2.32. The first kappa shape index (κ1) is 20.2. The number of aryl methyl sites for hydroxylation is 1. The SMILES string of the molecule is CCc1ccccc1N=C[C@H]1C(=O)NC(=O)N(c2cccc(C(F)(F)F)c2)C1=O. The molecule has 0 radical (unpaired) electrons. The number of amides is 4. The van der Waals surface area contributed by atoms with Crippen LogP contribution in [0, 0.1) is 5.92 Å². The van der Waals surface area contributed by atoms with E-state index in [9.17, 15) is 27.6 Å². The lowest BCUT2D eigenvalue weighted by molar-refractivity contribution is -0.138. The first-order chi connectivity index (χ1) is 13.7. The molecule has 1 aliphatic rings. The van der Waals surface area contributed by atoms with E-state index in [0.717, 1.165) is 23.9 Å². The van der Waals surface area contributed by atoms with Crippen molar-refractivity contribution >= 4 is 35.4 Å². The van der Waals surface area contributed by atoms with E-state index in [1.807, 2.05) is 24.4 Å². The Morgan fingerprint density at radius 1 is 1.10 bits per heavy atom. The van der Waals surface area contributed by atoms with Crippen LogP contribution >= 0.6 is 0 Å². The van der Waals surface area contributed by atoms with E-state index in [-0.39, 0.29) is 5.69 Å². The Labute approximate surface area is 164 Å². The molecule has 150 valence electrons. The number of benzene rings is 2. The molecule has 2 aromatic rings. The molecule has 1 heterocycles. The van der Waals surface area contributed by atoms with Crippen LogP contribution in [0.4, 0.5) is 29.3 Å². The molecule has 0 bridgehead atoms. The normalized spacial score (nSPS) is 17.7. The Hall–Kier alpha value is -3.49. The topological polar surface area (TPSA) is 78.8 Å². The van der Waals surface area contributed by atoms with Gasteiger partial charge in [-0.25, -0.2) is 9.69 Å². The second kappa shape index (κ2) is 7.86. The van der Waals surface area contributed by atoms with Crippen molar-refractivity contribution in [2.45, 2.75) is 19.5 Å². The molecular weight excluding hydrogens is 387 g/mol. The molecule has 2 aromatic carbocycles. The number of anilines is 1. The minimum atomic E-state index is -4.65. The Balaban J connectivity index is 1.94. The van der Waals surface area contributed by atoms with Gasteiger partial charge in [0.05, 0.1) is 16.9 Å². The third kappa shape index (κ3) is 4.18. The lowest BCUT2D eigenvalue weighted by Gasteiger charge is -2.28. The van der Waals surface area contributed by atoms with Gasteiger partial charge >= 0.3 is 12.2 Å². The maximum absolute atomic E-state index is 13.0. The molecular formula is C20H16F3N3O3. The van der Waals surface area contributed by atoms with E-state index in [2.05, 4.69) is 4.99 Å². The van der Waals surface area contributed by atoms with E-state index in [1.165, 1.54) is 6.07 Å². The molecule has 1 aliphatic heterocycles. The highest BCUT2D eigenvalue weighted by Gasteiger charge is 2.41. The van der Waals surface area contributed by atoms with Gasteiger partial charge < -0.3 is 0 Å². The number of urea groups is 1. The average molecular weight is 403 g/mol. The van der Waals surface area contributed by atoms with Gasteiger partial charge in [-0.3, -0.25) is 19.9 Å². The third-order valence-corrected chi connectivity index (χ3v) is 4.37. The fourth-order valence-corrected chi connectivity index (χ4v) is 2.88. The second-order valence-electron chi connectivity index (χ2n) is 6.25. The predicted molar refractivity (Wildman–Crippen MR) is 99.9 cm³/mol. The van der Waals surface area contributed by atoms with Gasteiger partial charge in [-0.05, 0) is 36.2 Å². The summed E-state index contributed by atoms with van der Waals surface area (Å²) in [5, 5.41) is 1.99. The quantitative estimate of drug-likeness (QED) is 0.622. The van der Waals surface area contributed by atoms with E-state index < -0.39 is 35.5 Å². The zero-order valence-corrected chi connectivity index (χ0v) is 15.2. The number of para-hydroxylation sites is 1. The molecule has 3 rings (SSSR count). The number of aliphatic imine (C=N–C) groups is 1. The Morgan fingerprint density at radius 2 is 1.83 bits per heavy atom. The number of hydrogen-bond acceptors (Lipinski definition) is 4. The van der Waals surface area contributed by atoms with E-state index in [4.69, 9.17) is 0 Å². The van der Waals surface area contributed by atoms with Gasteiger partial charge in [-0.15, -0.1) is 0 Å². The summed E-state index contributed by atoms with van der Waals surface area (Å²) in [4.78, 5) is 41.7. The second-order valence-corrected chi connectivity index (χ2v) is 6.25. The van der Waals surface area contributed by atoms with Crippen LogP contribution in [0.15, 0.2) is 53.5 Å². The number of rotatable bonds is 4. The van der Waals surface area contributed by atoms with Crippen LogP contribution in [0.25, 0.3) is 0 Å². The summed E-state index contributed by atoms with van der Waals surface area (Å²) in [5.74, 6) is -3.32. The van der Waals surface area contributed by atoms with Crippen molar-refractivity contribution in [3.63, 3.8) is 0 Å². The number of nitrogens with one attached hydrogen (secondary N) is 1. The van der Waals surface area contributed by atoms with Crippen LogP contribution in [0.5, 0.6) is 0 Å². The lowest BCUT2D eigenvalue weighted by atomic mass is 10.0. The first-order valence-electron chi connectivity index (χ1n) is 8.70. The highest BCUT2D eigenvalue weighted by molar-refractivity contribution is 6.32. The number of nitrogens with zero attached hydrogens (tertiary/aromatic N) is 2. The Morgan fingerprint density at radius 3 is 2.52 bits per heavy atom. The molecule has 0 aliphatic carbocycles. The van der Waals surface area contributed by atoms with Gasteiger partial charge in [0.1, 0.15) is 0 Å². The smallest absolute Gasteiger partial charge is 0.276 e. The summed E-state index contributed by atoms with van der Waals surface area (Å²) in [6.07, 6.45) is -2.88. The summed E-state index contributed by atoms with van der Waals surface area (Å²) < 4.78 is 38.9. The highest BCUT2D eigenvalue weighted by atomic mass is 19.4. The van der Waals surface area contributed by atoms with Crippen molar-refractivity contribution in [2.75, 3.05) is 4.90 Å². The molecule has 0 aromatic heterocycles. The van der Waals surface area contributed by atoms with Gasteiger partial charge in [0.25, 0.3) is 5.91 Å². The summed E-state index contributed by atoms with van der Waals surface area (Å²) in [5.41, 5.74) is 0.133. The van der Waals surface area contributed by atoms with E-state index in [1.54, 1.807) is 12.1 Å². The van der Waals surface area contributed by atoms with Crippen molar-refractivity contribution < 1.29 is 27.6 Å². The van der Waals surface area contributed by atoms with Gasteiger partial charge in [-0.1, -0.05) is 31.2 Å². The maximum Gasteiger partial charge on any atom is 0.416 e. The largest absolute Gasteiger partial charge is 0.416 e. The van der Waals surface area contributed by atoms with Crippen molar-refractivity contribution in [3.8, 4) is 0 Å². The lowest BCUT2D eigenvalue weighted by Crippen LogP contribution is -2.58. The van der Waals surface area contributed by atoms with Crippen LogP contribution < -0.4 is 10.2 Å². The van der Waals surface area contributed by atoms with Crippen LogP contribution in [0.3, 0.4) is 0 Å². The van der Waals surface area contributed by atoms with Gasteiger partial charge in [0.2, 0.25) is 5.91 Å². The molecule has 4 amide bonds. The molecule has 6 nitrogen and oxygen atoms in total.